The fourth-order valence-electron chi connectivity index (χ4n) is 3.77. The van der Waals surface area contributed by atoms with Crippen LogP contribution in [0.15, 0.2) is 55.2 Å². The summed E-state index contributed by atoms with van der Waals surface area (Å²) in [5.74, 6) is -1.54. The van der Waals surface area contributed by atoms with E-state index in [4.69, 9.17) is 5.73 Å². The van der Waals surface area contributed by atoms with Crippen LogP contribution in [0.5, 0.6) is 0 Å². The molecule has 0 bridgehead atoms. The number of amides is 2. The Balaban J connectivity index is 1.34. The molecule has 34 heavy (non-hydrogen) atoms. The Morgan fingerprint density at radius 3 is 2.68 bits per heavy atom. The molecule has 4 N–H and O–H groups in total. The van der Waals surface area contributed by atoms with Gasteiger partial charge in [0.25, 0.3) is 0 Å². The number of carbonyl (C=O) groups excluding carboxylic acids is 2. The maximum Gasteiger partial charge on any atom is 0.315 e. The molecule has 0 spiro atoms. The molecule has 5 rings (SSSR count). The van der Waals surface area contributed by atoms with Gasteiger partial charge in [0, 0.05) is 35.2 Å². The summed E-state index contributed by atoms with van der Waals surface area (Å²) < 4.78 is 1.51. The lowest BCUT2D eigenvalue weighted by molar-refractivity contribution is -0.133. The third-order valence-corrected chi connectivity index (χ3v) is 5.88. The van der Waals surface area contributed by atoms with Crippen molar-refractivity contribution in [3.63, 3.8) is 0 Å². The molecule has 10 heteroatoms. The lowest BCUT2D eigenvalue weighted by Crippen LogP contribution is -2.29. The SMILES string of the molecule is Cc1ccncc1-c1cc(N)c2cnc(NC(=O)C(=O)Nc3cnn(C4(C#N)CC4)c3)cc2c1. The van der Waals surface area contributed by atoms with E-state index in [0.29, 0.717) is 24.2 Å². The first-order valence-electron chi connectivity index (χ1n) is 10.6. The van der Waals surface area contributed by atoms with Gasteiger partial charge in [-0.3, -0.25) is 19.3 Å². The van der Waals surface area contributed by atoms with E-state index < -0.39 is 17.4 Å². The van der Waals surface area contributed by atoms with Crippen molar-refractivity contribution in [1.82, 2.24) is 19.7 Å². The number of carbonyl (C=O) groups is 2. The molecule has 1 saturated carbocycles. The monoisotopic (exact) mass is 452 g/mol. The van der Waals surface area contributed by atoms with Gasteiger partial charge in [-0.1, -0.05) is 0 Å². The second kappa shape index (κ2) is 7.97. The van der Waals surface area contributed by atoms with Crippen LogP contribution in [0.4, 0.5) is 17.2 Å². The van der Waals surface area contributed by atoms with Crippen LogP contribution in [0.1, 0.15) is 18.4 Å². The fraction of sp³-hybridized carbons (Fsp3) is 0.167. The predicted octanol–water partition coefficient (Wildman–Crippen LogP) is 2.97. The molecular weight excluding hydrogens is 432 g/mol. The van der Waals surface area contributed by atoms with Crippen molar-refractivity contribution in [1.29, 1.82) is 5.26 Å². The van der Waals surface area contributed by atoms with E-state index in [1.807, 2.05) is 25.1 Å². The summed E-state index contributed by atoms with van der Waals surface area (Å²) in [7, 11) is 0. The van der Waals surface area contributed by atoms with Crippen LogP contribution >= 0.6 is 0 Å². The zero-order valence-corrected chi connectivity index (χ0v) is 18.2. The Labute approximate surface area is 194 Å². The van der Waals surface area contributed by atoms with Crippen LogP contribution in [0.3, 0.4) is 0 Å². The first-order valence-corrected chi connectivity index (χ1v) is 10.6. The Morgan fingerprint density at radius 1 is 1.15 bits per heavy atom. The van der Waals surface area contributed by atoms with Gasteiger partial charge in [0.15, 0.2) is 0 Å². The Bertz CT molecular complexity index is 1500. The molecule has 3 heterocycles. The number of nitrogens with zero attached hydrogens (tertiary/aromatic N) is 5. The molecule has 1 aliphatic carbocycles. The number of fused-ring (bicyclic) bond motifs is 1. The number of aromatic nitrogens is 4. The summed E-state index contributed by atoms with van der Waals surface area (Å²) in [6, 6.07) is 9.59. The number of nitrogens with two attached hydrogens (primary N) is 1. The van der Waals surface area contributed by atoms with Gasteiger partial charge < -0.3 is 16.4 Å². The predicted molar refractivity (Wildman–Crippen MR) is 126 cm³/mol. The van der Waals surface area contributed by atoms with Crippen molar-refractivity contribution in [3.05, 3.63) is 60.8 Å². The van der Waals surface area contributed by atoms with Crippen LogP contribution in [-0.4, -0.2) is 31.6 Å². The highest BCUT2D eigenvalue weighted by Crippen LogP contribution is 2.42. The number of benzene rings is 1. The first kappa shape index (κ1) is 21.1. The zero-order chi connectivity index (χ0) is 23.9. The lowest BCUT2D eigenvalue weighted by Gasteiger charge is -2.11. The Morgan fingerprint density at radius 2 is 1.94 bits per heavy atom. The Hall–Kier alpha value is -4.78. The highest BCUT2D eigenvalue weighted by atomic mass is 16.2. The quantitative estimate of drug-likeness (QED) is 0.318. The lowest BCUT2D eigenvalue weighted by atomic mass is 9.99. The average Bonchev–Trinajstić information content (AvgIpc) is 3.49. The van der Waals surface area contributed by atoms with Crippen LogP contribution in [-0.2, 0) is 15.1 Å². The molecular formula is C24H20N8O2. The van der Waals surface area contributed by atoms with E-state index in [9.17, 15) is 14.9 Å². The largest absolute Gasteiger partial charge is 0.398 e. The van der Waals surface area contributed by atoms with E-state index >= 15 is 0 Å². The van der Waals surface area contributed by atoms with Crippen LogP contribution < -0.4 is 16.4 Å². The molecule has 1 aromatic carbocycles. The first-order chi connectivity index (χ1) is 16.4. The molecule has 2 amide bonds. The van der Waals surface area contributed by atoms with E-state index in [1.165, 1.54) is 10.9 Å². The van der Waals surface area contributed by atoms with E-state index in [-0.39, 0.29) is 5.82 Å². The van der Waals surface area contributed by atoms with Crippen LogP contribution in [0, 0.1) is 18.3 Å². The summed E-state index contributed by atoms with van der Waals surface area (Å²) >= 11 is 0. The summed E-state index contributed by atoms with van der Waals surface area (Å²) in [5.41, 5.74) is 9.36. The number of nitriles is 1. The summed E-state index contributed by atoms with van der Waals surface area (Å²) in [6.07, 6.45) is 9.41. The third kappa shape index (κ3) is 3.80. The highest BCUT2D eigenvalue weighted by molar-refractivity contribution is 6.43. The molecule has 1 aliphatic rings. The van der Waals surface area contributed by atoms with Crippen molar-refractivity contribution in [3.8, 4) is 17.2 Å². The van der Waals surface area contributed by atoms with Crippen molar-refractivity contribution in [2.45, 2.75) is 25.3 Å². The zero-order valence-electron chi connectivity index (χ0n) is 18.2. The smallest absolute Gasteiger partial charge is 0.315 e. The number of nitrogen functional groups attached to an aromatic ring is 1. The number of pyridine rings is 2. The molecule has 1 fully saturated rings. The van der Waals surface area contributed by atoms with Gasteiger partial charge in [-0.2, -0.15) is 10.4 Å². The average molecular weight is 452 g/mol. The van der Waals surface area contributed by atoms with E-state index in [0.717, 1.165) is 27.5 Å². The maximum atomic E-state index is 12.4. The van der Waals surface area contributed by atoms with Crippen LogP contribution in [0.2, 0.25) is 0 Å². The minimum Gasteiger partial charge on any atom is -0.398 e. The molecule has 168 valence electrons. The van der Waals surface area contributed by atoms with Gasteiger partial charge in [-0.15, -0.1) is 0 Å². The van der Waals surface area contributed by atoms with Gasteiger partial charge in [0.2, 0.25) is 0 Å². The van der Waals surface area contributed by atoms with Crippen LogP contribution in [0.25, 0.3) is 21.9 Å². The minimum absolute atomic E-state index is 0.212. The summed E-state index contributed by atoms with van der Waals surface area (Å²) in [5, 5.41) is 19.9. The number of nitrogens with one attached hydrogen (secondary N) is 2. The third-order valence-electron chi connectivity index (χ3n) is 5.88. The molecule has 0 aliphatic heterocycles. The fourth-order valence-corrected chi connectivity index (χ4v) is 3.77. The normalized spacial score (nSPS) is 13.8. The van der Waals surface area contributed by atoms with Crippen molar-refractivity contribution >= 4 is 39.8 Å². The summed E-state index contributed by atoms with van der Waals surface area (Å²) in [4.78, 5) is 33.2. The number of hydrogen-bond acceptors (Lipinski definition) is 7. The Kier molecular flexibility index (Phi) is 4.94. The highest BCUT2D eigenvalue weighted by Gasteiger charge is 2.46. The molecule has 10 nitrogen and oxygen atoms in total. The minimum atomic E-state index is -0.881. The maximum absolute atomic E-state index is 12.4. The molecule has 0 unspecified atom stereocenters. The van der Waals surface area contributed by atoms with Crippen molar-refractivity contribution in [2.75, 3.05) is 16.4 Å². The van der Waals surface area contributed by atoms with Gasteiger partial charge in [0.05, 0.1) is 24.2 Å². The van der Waals surface area contributed by atoms with Gasteiger partial charge in [0.1, 0.15) is 11.4 Å². The summed E-state index contributed by atoms with van der Waals surface area (Å²) in [6.45, 7) is 1.99. The van der Waals surface area contributed by atoms with Gasteiger partial charge >= 0.3 is 11.8 Å². The van der Waals surface area contributed by atoms with Crippen molar-refractivity contribution < 1.29 is 9.59 Å². The molecule has 0 atom stereocenters. The second-order valence-electron chi connectivity index (χ2n) is 8.27. The second-order valence-corrected chi connectivity index (χ2v) is 8.27. The standard InChI is InChI=1S/C24H20N8O2/c1-14-2-5-27-10-18(14)15-6-16-8-21(28-11-19(16)20(26)7-15)31-23(34)22(33)30-17-9-29-32(12-17)24(13-25)3-4-24/h2,5-12H,3-4,26H2,1H3,(H,30,33)(H,28,31,34). The topological polar surface area (TPSA) is 152 Å². The molecule has 0 saturated heterocycles. The molecule has 3 aromatic heterocycles. The van der Waals surface area contributed by atoms with E-state index in [2.05, 4.69) is 31.8 Å². The number of hydrogen-bond donors (Lipinski definition) is 3. The number of rotatable bonds is 4. The molecule has 4 aromatic rings. The van der Waals surface area contributed by atoms with Crippen molar-refractivity contribution in [2.24, 2.45) is 0 Å². The molecule has 0 radical (unpaired) electrons. The van der Waals surface area contributed by atoms with E-state index in [1.54, 1.807) is 30.9 Å². The van der Waals surface area contributed by atoms with Gasteiger partial charge in [-0.25, -0.2) is 4.98 Å². The number of aryl methyl sites for hydroxylation is 1. The number of anilines is 3. The van der Waals surface area contributed by atoms with Gasteiger partial charge in [-0.05, 0) is 60.5 Å².